The Labute approximate surface area is 129 Å². The van der Waals surface area contributed by atoms with Crippen molar-refractivity contribution in [3.05, 3.63) is 47.7 Å². The van der Waals surface area contributed by atoms with E-state index in [0.29, 0.717) is 18.2 Å². The van der Waals surface area contributed by atoms with Gasteiger partial charge >= 0.3 is 0 Å². The summed E-state index contributed by atoms with van der Waals surface area (Å²) in [6, 6.07) is 6.66. The summed E-state index contributed by atoms with van der Waals surface area (Å²) in [5, 5.41) is 0. The summed E-state index contributed by atoms with van der Waals surface area (Å²) < 4.78 is 32.1. The van der Waals surface area contributed by atoms with Crippen molar-refractivity contribution in [2.75, 3.05) is 5.88 Å². The molecule has 2 rings (SSSR count). The van der Waals surface area contributed by atoms with E-state index in [1.165, 1.54) is 0 Å². The van der Waals surface area contributed by atoms with Gasteiger partial charge in [0.05, 0.1) is 17.6 Å². The minimum atomic E-state index is -3.57. The Morgan fingerprint density at radius 2 is 2.00 bits per heavy atom. The molecule has 0 aliphatic carbocycles. The molecule has 0 bridgehead atoms. The van der Waals surface area contributed by atoms with Crippen molar-refractivity contribution < 1.29 is 12.8 Å². The number of oxazole rings is 1. The Hall–Kier alpha value is -1.37. The molecule has 1 aromatic carbocycles. The number of nitrogens with zero attached hydrogens (tertiary/aromatic N) is 1. The summed E-state index contributed by atoms with van der Waals surface area (Å²) in [5.41, 5.74) is 1.00. The highest BCUT2D eigenvalue weighted by Crippen LogP contribution is 2.12. The van der Waals surface area contributed by atoms with Gasteiger partial charge in [0, 0.05) is 12.3 Å². The fourth-order valence-corrected chi connectivity index (χ4v) is 2.97. The van der Waals surface area contributed by atoms with E-state index in [0.717, 1.165) is 17.7 Å². The first-order chi connectivity index (χ1) is 10.0. The van der Waals surface area contributed by atoms with E-state index in [2.05, 4.69) is 9.71 Å². The van der Waals surface area contributed by atoms with Crippen LogP contribution in [0.1, 0.15) is 24.1 Å². The van der Waals surface area contributed by atoms with Crippen molar-refractivity contribution in [1.29, 1.82) is 0 Å². The topological polar surface area (TPSA) is 72.2 Å². The van der Waals surface area contributed by atoms with Crippen LogP contribution < -0.4 is 4.72 Å². The van der Waals surface area contributed by atoms with Gasteiger partial charge in [-0.05, 0) is 24.1 Å². The normalized spacial score (nSPS) is 11.7. The highest BCUT2D eigenvalue weighted by atomic mass is 35.5. The highest BCUT2D eigenvalue weighted by molar-refractivity contribution is 7.89. The van der Waals surface area contributed by atoms with Crippen molar-refractivity contribution in [2.24, 2.45) is 0 Å². The van der Waals surface area contributed by atoms with E-state index in [9.17, 15) is 8.42 Å². The Kier molecular flexibility index (Phi) is 5.39. The van der Waals surface area contributed by atoms with Crippen LogP contribution in [0.5, 0.6) is 0 Å². The van der Waals surface area contributed by atoms with Gasteiger partial charge in [0.2, 0.25) is 15.9 Å². The fraction of sp³-hybridized carbons (Fsp3) is 0.357. The maximum Gasteiger partial charge on any atom is 0.241 e. The molecule has 0 fully saturated rings. The van der Waals surface area contributed by atoms with Crippen LogP contribution in [0.2, 0.25) is 0 Å². The van der Waals surface area contributed by atoms with Crippen molar-refractivity contribution in [3.63, 3.8) is 0 Å². The summed E-state index contributed by atoms with van der Waals surface area (Å²) >= 11 is 5.65. The lowest BCUT2D eigenvalue weighted by atomic mass is 10.2. The maximum absolute atomic E-state index is 12.1. The largest absolute Gasteiger partial charge is 0.444 e. The minimum Gasteiger partial charge on any atom is -0.444 e. The number of alkyl halides is 1. The van der Waals surface area contributed by atoms with Crippen molar-refractivity contribution in [1.82, 2.24) is 9.71 Å². The first kappa shape index (κ1) is 16.0. The smallest absolute Gasteiger partial charge is 0.241 e. The molecule has 0 aliphatic rings. The first-order valence-electron chi connectivity index (χ1n) is 6.63. The predicted octanol–water partition coefficient (Wildman–Crippen LogP) is 2.50. The Morgan fingerprint density at radius 3 is 2.57 bits per heavy atom. The number of aromatic nitrogens is 1. The molecule has 2 aromatic rings. The summed E-state index contributed by atoms with van der Waals surface area (Å²) in [6.45, 7) is 1.97. The van der Waals surface area contributed by atoms with Crippen LogP contribution in [0.25, 0.3) is 0 Å². The molecule has 5 nitrogen and oxygen atoms in total. The number of hydrogen-bond donors (Lipinski definition) is 1. The highest BCUT2D eigenvalue weighted by Gasteiger charge is 2.15. The third-order valence-corrected chi connectivity index (χ3v) is 4.59. The number of halogens is 1. The molecule has 0 unspecified atom stereocenters. The lowest BCUT2D eigenvalue weighted by Crippen LogP contribution is -2.23. The third kappa shape index (κ3) is 4.30. The number of hydrogen-bond acceptors (Lipinski definition) is 4. The lowest BCUT2D eigenvalue weighted by Gasteiger charge is -2.06. The number of benzene rings is 1. The Morgan fingerprint density at radius 1 is 1.29 bits per heavy atom. The van der Waals surface area contributed by atoms with Gasteiger partial charge in [-0.25, -0.2) is 18.1 Å². The molecule has 0 saturated heterocycles. The summed E-state index contributed by atoms with van der Waals surface area (Å²) in [4.78, 5) is 4.23. The average Bonchev–Trinajstić information content (AvgIpc) is 2.94. The van der Waals surface area contributed by atoms with Crippen LogP contribution in [0.15, 0.2) is 39.8 Å². The van der Waals surface area contributed by atoms with Crippen LogP contribution in [-0.4, -0.2) is 19.3 Å². The second kappa shape index (κ2) is 7.06. The van der Waals surface area contributed by atoms with E-state index < -0.39 is 10.0 Å². The Balaban J connectivity index is 2.03. The molecule has 1 heterocycles. The zero-order valence-corrected chi connectivity index (χ0v) is 13.2. The third-order valence-electron chi connectivity index (χ3n) is 2.98. The molecule has 0 radical (unpaired) electrons. The first-order valence-corrected chi connectivity index (χ1v) is 8.65. The standard InChI is InChI=1S/C14H17ClN2O3S/c1-2-12-9-16-14(20-12)10-17-21(18,19)13-5-3-11(4-6-13)7-8-15/h3-6,9,17H,2,7-8,10H2,1H3. The molecule has 114 valence electrons. The SMILES string of the molecule is CCc1cnc(CNS(=O)(=O)c2ccc(CCCl)cc2)o1. The zero-order chi connectivity index (χ0) is 15.3. The predicted molar refractivity (Wildman–Crippen MR) is 80.8 cm³/mol. The quantitative estimate of drug-likeness (QED) is 0.793. The van der Waals surface area contributed by atoms with Crippen molar-refractivity contribution in [3.8, 4) is 0 Å². The molecule has 0 spiro atoms. The number of rotatable bonds is 7. The summed E-state index contributed by atoms with van der Waals surface area (Å²) in [7, 11) is -3.57. The van der Waals surface area contributed by atoms with Gasteiger partial charge in [-0.15, -0.1) is 11.6 Å². The maximum atomic E-state index is 12.1. The van der Waals surface area contributed by atoms with Gasteiger partial charge < -0.3 is 4.42 Å². The molecule has 1 N–H and O–H groups in total. The molecule has 0 saturated carbocycles. The van der Waals surface area contributed by atoms with E-state index in [-0.39, 0.29) is 11.4 Å². The van der Waals surface area contributed by atoms with E-state index in [1.54, 1.807) is 30.5 Å². The van der Waals surface area contributed by atoms with Crippen LogP contribution in [0.3, 0.4) is 0 Å². The van der Waals surface area contributed by atoms with Crippen molar-refractivity contribution in [2.45, 2.75) is 31.2 Å². The van der Waals surface area contributed by atoms with Gasteiger partial charge in [-0.1, -0.05) is 19.1 Å². The number of nitrogens with one attached hydrogen (secondary N) is 1. The minimum absolute atomic E-state index is 0.0335. The van der Waals surface area contributed by atoms with Crippen LogP contribution >= 0.6 is 11.6 Å². The molecule has 21 heavy (non-hydrogen) atoms. The van der Waals surface area contributed by atoms with E-state index in [1.807, 2.05) is 6.92 Å². The molecular weight excluding hydrogens is 312 g/mol. The monoisotopic (exact) mass is 328 g/mol. The van der Waals surface area contributed by atoms with Crippen LogP contribution in [-0.2, 0) is 29.4 Å². The molecule has 1 aromatic heterocycles. The zero-order valence-electron chi connectivity index (χ0n) is 11.7. The van der Waals surface area contributed by atoms with Gasteiger partial charge in [0.25, 0.3) is 0 Å². The Bertz CT molecular complexity index is 680. The van der Waals surface area contributed by atoms with Gasteiger partial charge in [0.1, 0.15) is 5.76 Å². The van der Waals surface area contributed by atoms with Gasteiger partial charge in [-0.2, -0.15) is 0 Å². The van der Waals surface area contributed by atoms with Crippen molar-refractivity contribution >= 4 is 21.6 Å². The van der Waals surface area contributed by atoms with Gasteiger partial charge in [-0.3, -0.25) is 0 Å². The molecule has 0 atom stereocenters. The second-order valence-corrected chi connectivity index (χ2v) is 6.63. The molecule has 0 aliphatic heterocycles. The van der Waals surface area contributed by atoms with Crippen LogP contribution in [0, 0.1) is 0 Å². The fourth-order valence-electron chi connectivity index (χ4n) is 1.78. The van der Waals surface area contributed by atoms with Gasteiger partial charge in [0.15, 0.2) is 0 Å². The molecule has 0 amide bonds. The van der Waals surface area contributed by atoms with E-state index >= 15 is 0 Å². The van der Waals surface area contributed by atoms with Crippen LogP contribution in [0.4, 0.5) is 0 Å². The number of aryl methyl sites for hydroxylation is 2. The van der Waals surface area contributed by atoms with E-state index in [4.69, 9.17) is 16.0 Å². The second-order valence-electron chi connectivity index (χ2n) is 4.48. The molecular formula is C14H17ClN2O3S. The lowest BCUT2D eigenvalue weighted by molar-refractivity contribution is 0.452. The average molecular weight is 329 g/mol. The summed E-state index contributed by atoms with van der Waals surface area (Å²) in [6.07, 6.45) is 3.04. The summed E-state index contributed by atoms with van der Waals surface area (Å²) in [5.74, 6) is 1.60. The molecule has 7 heteroatoms. The number of sulfonamides is 1.